The number of unbranched alkanes of at least 4 members (excludes halogenated alkanes) is 6. The summed E-state index contributed by atoms with van der Waals surface area (Å²) in [6.07, 6.45) is 5.89. The van der Waals surface area contributed by atoms with Gasteiger partial charge in [0.1, 0.15) is 0 Å². The second-order valence-corrected chi connectivity index (χ2v) is 6.30. The molecule has 0 saturated heterocycles. The highest BCUT2D eigenvalue weighted by Gasteiger charge is 2.34. The summed E-state index contributed by atoms with van der Waals surface area (Å²) in [6, 6.07) is 0. The van der Waals surface area contributed by atoms with E-state index >= 15 is 0 Å². The Morgan fingerprint density at radius 3 is 1.73 bits per heavy atom. The van der Waals surface area contributed by atoms with Crippen molar-refractivity contribution >= 4 is 11.9 Å². The summed E-state index contributed by atoms with van der Waals surface area (Å²) in [5.74, 6) is -4.16. The lowest BCUT2D eigenvalue weighted by molar-refractivity contribution is -0.212. The van der Waals surface area contributed by atoms with Gasteiger partial charge in [0.15, 0.2) is 0 Å². The van der Waals surface area contributed by atoms with Gasteiger partial charge in [0, 0.05) is 26.1 Å². The average molecular weight is 378 g/mol. The third-order valence-electron chi connectivity index (χ3n) is 3.83. The number of rotatable bonds is 17. The van der Waals surface area contributed by atoms with Crippen molar-refractivity contribution in [2.45, 2.75) is 76.4 Å². The fraction of sp³-hybridized carbons (Fsp3) is 0.889. The second kappa shape index (κ2) is 16.0. The number of carbonyl (C=O) groups is 2. The van der Waals surface area contributed by atoms with Crippen molar-refractivity contribution in [2.24, 2.45) is 0 Å². The highest BCUT2D eigenvalue weighted by molar-refractivity contribution is 5.77. The van der Waals surface area contributed by atoms with E-state index in [1.807, 2.05) is 0 Å². The Kier molecular flexibility index (Phi) is 15.2. The van der Waals surface area contributed by atoms with Crippen LogP contribution in [0.15, 0.2) is 0 Å². The first-order chi connectivity index (χ1) is 12.4. The summed E-state index contributed by atoms with van der Waals surface area (Å²) < 4.78 is 9.83. The van der Waals surface area contributed by atoms with E-state index in [0.717, 1.165) is 38.5 Å². The van der Waals surface area contributed by atoms with Crippen LogP contribution in [-0.4, -0.2) is 64.6 Å². The molecule has 0 aromatic rings. The third kappa shape index (κ3) is 14.0. The number of hydrogen-bond donors (Lipinski definition) is 4. The van der Waals surface area contributed by atoms with Crippen LogP contribution in [0.4, 0.5) is 0 Å². The quantitative estimate of drug-likeness (QED) is 0.167. The van der Waals surface area contributed by atoms with Crippen LogP contribution in [-0.2, 0) is 19.1 Å². The summed E-state index contributed by atoms with van der Waals surface area (Å²) in [5.41, 5.74) is 0. The average Bonchev–Trinajstić information content (AvgIpc) is 2.60. The maximum Gasteiger partial charge on any atom is 0.366 e. The Bertz CT molecular complexity index is 370. The van der Waals surface area contributed by atoms with Crippen molar-refractivity contribution in [1.82, 2.24) is 0 Å². The Morgan fingerprint density at radius 1 is 0.692 bits per heavy atom. The lowest BCUT2D eigenvalue weighted by Crippen LogP contribution is -2.40. The fourth-order valence-electron chi connectivity index (χ4n) is 2.25. The van der Waals surface area contributed by atoms with Gasteiger partial charge in [0.2, 0.25) is 0 Å². The van der Waals surface area contributed by atoms with Crippen molar-refractivity contribution in [3.63, 3.8) is 0 Å². The van der Waals surface area contributed by atoms with E-state index in [1.54, 1.807) is 0 Å². The molecule has 0 aromatic carbocycles. The first-order valence-corrected chi connectivity index (χ1v) is 9.43. The molecule has 0 rings (SSSR count). The minimum atomic E-state index is -2.60. The first-order valence-electron chi connectivity index (χ1n) is 9.43. The van der Waals surface area contributed by atoms with Crippen LogP contribution in [0.3, 0.4) is 0 Å². The van der Waals surface area contributed by atoms with Gasteiger partial charge >= 0.3 is 11.9 Å². The van der Waals surface area contributed by atoms with Crippen molar-refractivity contribution in [2.75, 3.05) is 26.4 Å². The van der Waals surface area contributed by atoms with E-state index in [-0.39, 0.29) is 39.1 Å². The molecule has 0 radical (unpaired) electrons. The number of aliphatic hydroxyl groups is 4. The lowest BCUT2D eigenvalue weighted by atomic mass is 10.1. The fourth-order valence-corrected chi connectivity index (χ4v) is 2.25. The highest BCUT2D eigenvalue weighted by atomic mass is 16.6. The molecule has 0 heterocycles. The van der Waals surface area contributed by atoms with Crippen LogP contribution < -0.4 is 0 Å². The van der Waals surface area contributed by atoms with Gasteiger partial charge in [-0.2, -0.15) is 0 Å². The smallest absolute Gasteiger partial charge is 0.366 e. The van der Waals surface area contributed by atoms with Gasteiger partial charge in [-0.05, 0) is 44.9 Å². The van der Waals surface area contributed by atoms with Gasteiger partial charge in [-0.25, -0.2) is 4.79 Å². The normalized spacial score (nSPS) is 11.4. The summed E-state index contributed by atoms with van der Waals surface area (Å²) in [5, 5.41) is 36.7. The number of hydrogen-bond acceptors (Lipinski definition) is 8. The van der Waals surface area contributed by atoms with Crippen LogP contribution in [0.2, 0.25) is 0 Å². The Hall–Kier alpha value is -1.22. The second-order valence-electron chi connectivity index (χ2n) is 6.30. The predicted molar refractivity (Wildman–Crippen MR) is 94.0 cm³/mol. The molecule has 0 aliphatic rings. The minimum absolute atomic E-state index is 0.00600. The van der Waals surface area contributed by atoms with Crippen LogP contribution in [0.1, 0.15) is 70.6 Å². The molecule has 0 unspecified atom stereocenters. The first kappa shape index (κ1) is 24.8. The van der Waals surface area contributed by atoms with Crippen molar-refractivity contribution in [3.8, 4) is 0 Å². The van der Waals surface area contributed by atoms with Gasteiger partial charge in [-0.15, -0.1) is 0 Å². The molecular formula is C18H34O8. The van der Waals surface area contributed by atoms with E-state index in [9.17, 15) is 19.8 Å². The van der Waals surface area contributed by atoms with E-state index in [0.29, 0.717) is 19.4 Å². The molecule has 0 aromatic heterocycles. The zero-order chi connectivity index (χ0) is 19.7. The summed E-state index contributed by atoms with van der Waals surface area (Å²) >= 11 is 0. The molecule has 8 heteroatoms. The maximum atomic E-state index is 11.6. The van der Waals surface area contributed by atoms with E-state index in [2.05, 4.69) is 0 Å². The number of esters is 2. The molecule has 0 spiro atoms. The number of aliphatic hydroxyl groups excluding tert-OH is 2. The molecule has 0 bridgehead atoms. The van der Waals surface area contributed by atoms with Crippen LogP contribution >= 0.6 is 0 Å². The SMILES string of the molecule is O=C(CCCC(O)(O)C(=O)OCCCCCCO)OCCCCCCO. The van der Waals surface area contributed by atoms with Crippen molar-refractivity contribution in [1.29, 1.82) is 0 Å². The van der Waals surface area contributed by atoms with Crippen molar-refractivity contribution in [3.05, 3.63) is 0 Å². The number of ether oxygens (including phenoxy) is 2. The highest BCUT2D eigenvalue weighted by Crippen LogP contribution is 2.14. The molecule has 26 heavy (non-hydrogen) atoms. The minimum Gasteiger partial charge on any atom is -0.466 e. The van der Waals surface area contributed by atoms with Crippen molar-refractivity contribution < 1.29 is 39.5 Å². The molecule has 8 nitrogen and oxygen atoms in total. The lowest BCUT2D eigenvalue weighted by Gasteiger charge is -2.19. The van der Waals surface area contributed by atoms with Gasteiger partial charge in [-0.1, -0.05) is 12.8 Å². The number of carbonyl (C=O) groups excluding carboxylic acids is 2. The molecule has 0 aliphatic heterocycles. The van der Waals surface area contributed by atoms with E-state index in [1.165, 1.54) is 0 Å². The molecule has 0 saturated carbocycles. The summed E-state index contributed by atoms with van der Waals surface area (Å²) in [7, 11) is 0. The third-order valence-corrected chi connectivity index (χ3v) is 3.83. The van der Waals surface area contributed by atoms with E-state index in [4.69, 9.17) is 19.7 Å². The molecule has 154 valence electrons. The summed E-state index contributed by atoms with van der Waals surface area (Å²) in [6.45, 7) is 0.676. The topological polar surface area (TPSA) is 134 Å². The van der Waals surface area contributed by atoms with Crippen LogP contribution in [0.25, 0.3) is 0 Å². The van der Waals surface area contributed by atoms with Gasteiger partial charge in [0.05, 0.1) is 13.2 Å². The Labute approximate surface area is 155 Å². The molecule has 0 aliphatic carbocycles. The Balaban J connectivity index is 3.73. The predicted octanol–water partition coefficient (Wildman–Crippen LogP) is 1.03. The monoisotopic (exact) mass is 378 g/mol. The Morgan fingerprint density at radius 2 is 1.19 bits per heavy atom. The van der Waals surface area contributed by atoms with Gasteiger partial charge in [0.25, 0.3) is 5.79 Å². The maximum absolute atomic E-state index is 11.6. The molecule has 0 atom stereocenters. The molecule has 0 amide bonds. The molecular weight excluding hydrogens is 344 g/mol. The molecule has 4 N–H and O–H groups in total. The van der Waals surface area contributed by atoms with Gasteiger partial charge < -0.3 is 29.9 Å². The van der Waals surface area contributed by atoms with Gasteiger partial charge in [-0.3, -0.25) is 4.79 Å². The largest absolute Gasteiger partial charge is 0.466 e. The van der Waals surface area contributed by atoms with Crippen LogP contribution in [0, 0.1) is 0 Å². The van der Waals surface area contributed by atoms with Crippen LogP contribution in [0.5, 0.6) is 0 Å². The zero-order valence-corrected chi connectivity index (χ0v) is 15.5. The standard InChI is InChI=1S/C18H34O8/c19-12-5-1-3-7-14-25-16(21)10-9-11-18(23,24)17(22)26-15-8-4-2-6-13-20/h19-20,23-24H,1-15H2. The molecule has 0 fully saturated rings. The zero-order valence-electron chi connectivity index (χ0n) is 15.5. The summed E-state index contributed by atoms with van der Waals surface area (Å²) in [4.78, 5) is 23.2. The van der Waals surface area contributed by atoms with E-state index < -0.39 is 17.7 Å².